The predicted molar refractivity (Wildman–Crippen MR) is 185 cm³/mol. The average Bonchev–Trinajstić information content (AvgIpc) is 3.34. The highest BCUT2D eigenvalue weighted by Crippen LogP contribution is 2.47. The molecular formula is C36H45N5O6S. The summed E-state index contributed by atoms with van der Waals surface area (Å²) in [6.07, 6.45) is 7.47. The second-order valence-corrected chi connectivity index (χ2v) is 14.2. The number of ether oxygens (including phenoxy) is 3. The minimum Gasteiger partial charge on any atom is -0.497 e. The van der Waals surface area contributed by atoms with Crippen LogP contribution in [0.2, 0.25) is 0 Å². The van der Waals surface area contributed by atoms with E-state index in [9.17, 15) is 14.4 Å². The fraction of sp³-hybridized carbons (Fsp3) is 0.528. The van der Waals surface area contributed by atoms with E-state index in [1.54, 1.807) is 26.0 Å². The highest BCUT2D eigenvalue weighted by atomic mass is 32.1. The Balaban J connectivity index is 1.32. The van der Waals surface area contributed by atoms with E-state index in [-0.39, 0.29) is 30.4 Å². The number of nitrogens with one attached hydrogen (secondary N) is 2. The number of carbonyl (C=O) groups excluding carboxylic acids is 3. The van der Waals surface area contributed by atoms with Gasteiger partial charge in [-0.25, -0.2) is 14.8 Å². The number of benzene rings is 1. The van der Waals surface area contributed by atoms with Gasteiger partial charge < -0.3 is 29.7 Å². The highest BCUT2D eigenvalue weighted by Gasteiger charge is 2.62. The number of carbonyl (C=O) groups is 3. The topological polar surface area (TPSA) is 132 Å². The molecule has 2 aliphatic carbocycles. The van der Waals surface area contributed by atoms with Crippen LogP contribution in [-0.2, 0) is 19.1 Å². The molecule has 11 nitrogen and oxygen atoms in total. The number of amides is 2. The molecule has 0 saturated heterocycles. The Bertz CT molecular complexity index is 1710. The molecule has 0 bridgehead atoms. The molecule has 3 aliphatic rings. The highest BCUT2D eigenvalue weighted by molar-refractivity contribution is 7.14. The SMILES string of the molecule is CCOC(=O)[C@@]12C[C@H]1C=CCCCCN(C)C(=O)[C@@H]1C[C@H](Oc3cc(-c4csc(NC(C)C)n4)nc4cc(OC)ccc34)C[C@H]1C(=O)N2. The van der Waals surface area contributed by atoms with Crippen LogP contribution in [0.15, 0.2) is 41.8 Å². The lowest BCUT2D eigenvalue weighted by molar-refractivity contribution is -0.150. The molecule has 2 amide bonds. The van der Waals surface area contributed by atoms with Gasteiger partial charge in [-0.1, -0.05) is 12.2 Å². The van der Waals surface area contributed by atoms with E-state index < -0.39 is 29.4 Å². The smallest absolute Gasteiger partial charge is 0.332 e. The van der Waals surface area contributed by atoms with Gasteiger partial charge in [-0.2, -0.15) is 0 Å². The molecule has 0 unspecified atom stereocenters. The monoisotopic (exact) mass is 675 g/mol. The number of hydrogen-bond donors (Lipinski definition) is 2. The summed E-state index contributed by atoms with van der Waals surface area (Å²) in [6.45, 7) is 6.72. The van der Waals surface area contributed by atoms with Crippen LogP contribution in [-0.4, -0.2) is 77.6 Å². The maximum absolute atomic E-state index is 14.1. The largest absolute Gasteiger partial charge is 0.497 e. The quantitative estimate of drug-likeness (QED) is 0.232. The first-order valence-electron chi connectivity index (χ1n) is 16.9. The number of allylic oxidation sites excluding steroid dienone is 1. The molecule has 3 heterocycles. The van der Waals surface area contributed by atoms with E-state index in [1.165, 1.54) is 11.3 Å². The average molecular weight is 676 g/mol. The van der Waals surface area contributed by atoms with E-state index in [4.69, 9.17) is 24.2 Å². The molecule has 2 aromatic heterocycles. The van der Waals surface area contributed by atoms with Crippen LogP contribution in [0.3, 0.4) is 0 Å². The lowest BCUT2D eigenvalue weighted by atomic mass is 9.93. The molecule has 0 radical (unpaired) electrons. The van der Waals surface area contributed by atoms with Crippen molar-refractivity contribution in [2.45, 2.75) is 77.0 Å². The maximum atomic E-state index is 14.1. The normalized spacial score (nSPS) is 26.0. The van der Waals surface area contributed by atoms with E-state index in [2.05, 4.69) is 30.6 Å². The van der Waals surface area contributed by atoms with Crippen molar-refractivity contribution >= 4 is 45.2 Å². The molecule has 0 spiro atoms. The van der Waals surface area contributed by atoms with Crippen molar-refractivity contribution in [3.63, 3.8) is 0 Å². The van der Waals surface area contributed by atoms with Gasteiger partial charge in [0.25, 0.3) is 0 Å². The van der Waals surface area contributed by atoms with Gasteiger partial charge in [0.2, 0.25) is 11.8 Å². The molecule has 12 heteroatoms. The van der Waals surface area contributed by atoms with E-state index in [0.717, 1.165) is 29.8 Å². The first kappa shape index (κ1) is 33.7. The first-order valence-corrected chi connectivity index (χ1v) is 17.8. The van der Waals surface area contributed by atoms with Crippen molar-refractivity contribution in [1.82, 2.24) is 20.2 Å². The molecule has 48 heavy (non-hydrogen) atoms. The maximum Gasteiger partial charge on any atom is 0.332 e. The standard InChI is InChI=1S/C36H45N5O6S/c1-6-46-34(44)36-19-22(36)11-9-7-8-10-14-41(4)33(43)27-16-24(15-26(27)32(42)40-36)47-31-18-29(30-20-48-35(39-30)37-21(2)3)38-28-17-23(45-5)12-13-25(28)31/h9,11-13,17-18,20-22,24,26-27H,6-8,10,14-16,19H2,1-5H3,(H,37,39)(H,40,42)/t22-,24-,26-,27-,36-/m1/s1. The van der Waals surface area contributed by atoms with Crippen LogP contribution in [0.5, 0.6) is 11.5 Å². The van der Waals surface area contributed by atoms with Gasteiger partial charge in [0.15, 0.2) is 5.13 Å². The zero-order valence-corrected chi connectivity index (χ0v) is 29.1. The van der Waals surface area contributed by atoms with Gasteiger partial charge >= 0.3 is 5.97 Å². The Labute approximate surface area is 285 Å². The summed E-state index contributed by atoms with van der Waals surface area (Å²) in [4.78, 5) is 52.5. The van der Waals surface area contributed by atoms with E-state index in [1.807, 2.05) is 35.7 Å². The van der Waals surface area contributed by atoms with E-state index >= 15 is 0 Å². The van der Waals surface area contributed by atoms with Crippen LogP contribution in [0.1, 0.15) is 59.3 Å². The molecule has 1 aromatic carbocycles. The predicted octanol–water partition coefficient (Wildman–Crippen LogP) is 5.60. The number of pyridine rings is 1. The molecule has 256 valence electrons. The third-order valence-corrected chi connectivity index (χ3v) is 10.3. The number of esters is 1. The second kappa shape index (κ2) is 14.1. The summed E-state index contributed by atoms with van der Waals surface area (Å²) in [5.41, 5.74) is 0.944. The van der Waals surface area contributed by atoms with Gasteiger partial charge in [0, 0.05) is 48.5 Å². The Morgan fingerprint density at radius 2 is 1.96 bits per heavy atom. The molecule has 1 aliphatic heterocycles. The number of fused-ring (bicyclic) bond motifs is 3. The Morgan fingerprint density at radius 3 is 2.73 bits per heavy atom. The fourth-order valence-corrected chi connectivity index (χ4v) is 7.70. The van der Waals surface area contributed by atoms with Gasteiger partial charge in [-0.15, -0.1) is 11.3 Å². The van der Waals surface area contributed by atoms with Crippen LogP contribution < -0.4 is 20.1 Å². The van der Waals surface area contributed by atoms with Crippen LogP contribution in [0.25, 0.3) is 22.3 Å². The zero-order valence-electron chi connectivity index (χ0n) is 28.3. The minimum absolute atomic E-state index is 0.0796. The molecule has 2 saturated carbocycles. The van der Waals surface area contributed by atoms with Gasteiger partial charge in [-0.05, 0) is 71.4 Å². The van der Waals surface area contributed by atoms with Crippen LogP contribution in [0, 0.1) is 17.8 Å². The number of thiazole rings is 1. The van der Waals surface area contributed by atoms with Gasteiger partial charge in [-0.3, -0.25) is 9.59 Å². The Morgan fingerprint density at radius 1 is 1.15 bits per heavy atom. The second-order valence-electron chi connectivity index (χ2n) is 13.3. The summed E-state index contributed by atoms with van der Waals surface area (Å²) < 4.78 is 17.6. The van der Waals surface area contributed by atoms with Crippen LogP contribution >= 0.6 is 11.3 Å². The van der Waals surface area contributed by atoms with E-state index in [0.29, 0.717) is 54.2 Å². The van der Waals surface area contributed by atoms with Crippen molar-refractivity contribution in [1.29, 1.82) is 0 Å². The van der Waals surface area contributed by atoms with Gasteiger partial charge in [0.05, 0.1) is 36.8 Å². The van der Waals surface area contributed by atoms with Crippen molar-refractivity contribution in [3.05, 3.63) is 41.8 Å². The first-order chi connectivity index (χ1) is 23.1. The number of aromatic nitrogens is 2. The number of anilines is 1. The summed E-state index contributed by atoms with van der Waals surface area (Å²) in [5.74, 6) is -0.949. The number of rotatable bonds is 8. The number of nitrogens with zero attached hydrogens (tertiary/aromatic N) is 3. The Hall–Kier alpha value is -4.19. The summed E-state index contributed by atoms with van der Waals surface area (Å²) >= 11 is 1.51. The van der Waals surface area contributed by atoms with Crippen molar-refractivity contribution in [2.75, 3.05) is 32.6 Å². The zero-order chi connectivity index (χ0) is 34.0. The molecular weight excluding hydrogens is 630 g/mol. The minimum atomic E-state index is -1.10. The fourth-order valence-electron chi connectivity index (χ4n) is 6.85. The van der Waals surface area contributed by atoms with Crippen molar-refractivity contribution in [2.24, 2.45) is 17.8 Å². The van der Waals surface area contributed by atoms with Gasteiger partial charge in [0.1, 0.15) is 28.8 Å². The van der Waals surface area contributed by atoms with Crippen molar-refractivity contribution < 1.29 is 28.6 Å². The molecule has 3 aromatic rings. The third kappa shape index (κ3) is 6.99. The number of hydrogen-bond acceptors (Lipinski definition) is 10. The van der Waals surface area contributed by atoms with Crippen LogP contribution in [0.4, 0.5) is 5.13 Å². The van der Waals surface area contributed by atoms with Crippen molar-refractivity contribution in [3.8, 4) is 22.9 Å². The lowest BCUT2D eigenvalue weighted by Crippen LogP contribution is -2.50. The summed E-state index contributed by atoms with van der Waals surface area (Å²) in [7, 11) is 3.41. The summed E-state index contributed by atoms with van der Waals surface area (Å²) in [5, 5.41) is 9.95. The summed E-state index contributed by atoms with van der Waals surface area (Å²) in [6, 6.07) is 7.75. The molecule has 2 N–H and O–H groups in total. The molecule has 2 fully saturated rings. The lowest BCUT2D eigenvalue weighted by Gasteiger charge is -2.26. The molecule has 5 atom stereocenters. The third-order valence-electron chi connectivity index (χ3n) is 9.48. The molecule has 6 rings (SSSR count). The Kier molecular flexibility index (Phi) is 9.91. The number of methoxy groups -OCH3 is 1.